The van der Waals surface area contributed by atoms with E-state index in [1.54, 1.807) is 0 Å². The van der Waals surface area contributed by atoms with E-state index in [0.717, 1.165) is 19.5 Å². The Kier molecular flexibility index (Phi) is 6.44. The van der Waals surface area contributed by atoms with Gasteiger partial charge in [0.05, 0.1) is 0 Å². The van der Waals surface area contributed by atoms with Crippen LogP contribution in [0.4, 0.5) is 0 Å². The lowest BCUT2D eigenvalue weighted by Crippen LogP contribution is -2.32. The zero-order valence-electron chi connectivity index (χ0n) is 10.3. The van der Waals surface area contributed by atoms with Crippen molar-refractivity contribution in [3.8, 4) is 0 Å². The zero-order valence-corrected chi connectivity index (χ0v) is 11.1. The van der Waals surface area contributed by atoms with Gasteiger partial charge in [-0.05, 0) is 17.5 Å². The van der Waals surface area contributed by atoms with Gasteiger partial charge in [0.15, 0.2) is 0 Å². The van der Waals surface area contributed by atoms with Crippen LogP contribution < -0.4 is 5.84 Å². The highest BCUT2D eigenvalue weighted by atomic mass is 35.5. The molecule has 0 aliphatic rings. The molecule has 96 valence electrons. The second-order valence-electron chi connectivity index (χ2n) is 4.19. The third-order valence-corrected chi connectivity index (χ3v) is 2.76. The first-order valence-electron chi connectivity index (χ1n) is 5.92. The number of nitrogens with two attached hydrogens (primary N) is 1. The average molecular weight is 263 g/mol. The molecule has 0 bridgehead atoms. The topological polar surface area (TPSA) is 29.3 Å². The predicted octanol–water partition coefficient (Wildman–Crippen LogP) is 3.03. The fraction of sp³-hybridized carbons (Fsp3) is 0.200. The standard InChI is InChI=1S/C15H18N2.ClH/c16-17(13-15-9-5-2-6-10-15)12-11-14-7-3-1-4-8-14;/h1-10H,11-13,16H2;1H. The predicted molar refractivity (Wildman–Crippen MR) is 78.4 cm³/mol. The van der Waals surface area contributed by atoms with Crippen LogP contribution in [0.2, 0.25) is 0 Å². The van der Waals surface area contributed by atoms with Gasteiger partial charge in [-0.25, -0.2) is 5.01 Å². The Hall–Kier alpha value is -1.35. The quantitative estimate of drug-likeness (QED) is 0.663. The summed E-state index contributed by atoms with van der Waals surface area (Å²) in [6, 6.07) is 20.7. The van der Waals surface area contributed by atoms with E-state index >= 15 is 0 Å². The number of hydrogen-bond donors (Lipinski definition) is 1. The molecule has 0 aromatic heterocycles. The molecule has 2 rings (SSSR count). The molecule has 2 N–H and O–H groups in total. The molecule has 0 amide bonds. The molecule has 0 saturated carbocycles. The Morgan fingerprint density at radius 3 is 1.83 bits per heavy atom. The van der Waals surface area contributed by atoms with Gasteiger partial charge in [0, 0.05) is 13.1 Å². The van der Waals surface area contributed by atoms with Crippen LogP contribution in [-0.4, -0.2) is 11.6 Å². The molecule has 0 heterocycles. The first-order valence-corrected chi connectivity index (χ1v) is 5.92. The van der Waals surface area contributed by atoms with E-state index in [1.165, 1.54) is 11.1 Å². The third-order valence-electron chi connectivity index (χ3n) is 2.76. The molecule has 0 unspecified atom stereocenters. The van der Waals surface area contributed by atoms with Gasteiger partial charge < -0.3 is 0 Å². The van der Waals surface area contributed by atoms with Crippen LogP contribution in [0.3, 0.4) is 0 Å². The monoisotopic (exact) mass is 262 g/mol. The van der Waals surface area contributed by atoms with E-state index in [-0.39, 0.29) is 12.4 Å². The van der Waals surface area contributed by atoms with Crippen molar-refractivity contribution in [3.63, 3.8) is 0 Å². The summed E-state index contributed by atoms with van der Waals surface area (Å²) in [6.45, 7) is 1.67. The number of halogens is 1. The third kappa shape index (κ3) is 4.88. The van der Waals surface area contributed by atoms with Crippen molar-refractivity contribution >= 4 is 12.4 Å². The van der Waals surface area contributed by atoms with Gasteiger partial charge in [-0.3, -0.25) is 5.84 Å². The van der Waals surface area contributed by atoms with Crippen LogP contribution in [0.25, 0.3) is 0 Å². The van der Waals surface area contributed by atoms with Gasteiger partial charge in [0.2, 0.25) is 0 Å². The zero-order chi connectivity index (χ0) is 11.9. The molecule has 0 aliphatic carbocycles. The van der Waals surface area contributed by atoms with E-state index in [0.29, 0.717) is 0 Å². The Morgan fingerprint density at radius 1 is 0.778 bits per heavy atom. The number of hydrogen-bond acceptors (Lipinski definition) is 2. The molecule has 0 radical (unpaired) electrons. The fourth-order valence-corrected chi connectivity index (χ4v) is 1.81. The molecule has 18 heavy (non-hydrogen) atoms. The number of rotatable bonds is 5. The molecule has 3 heteroatoms. The van der Waals surface area contributed by atoms with Crippen molar-refractivity contribution in [1.29, 1.82) is 0 Å². The first kappa shape index (κ1) is 14.7. The Balaban J connectivity index is 0.00000162. The molecular weight excluding hydrogens is 244 g/mol. The lowest BCUT2D eigenvalue weighted by molar-refractivity contribution is 0.278. The van der Waals surface area contributed by atoms with Gasteiger partial charge in [-0.15, -0.1) is 12.4 Å². The van der Waals surface area contributed by atoms with Crippen LogP contribution in [0, 0.1) is 0 Å². The van der Waals surface area contributed by atoms with Crippen LogP contribution in [0.1, 0.15) is 11.1 Å². The highest BCUT2D eigenvalue weighted by Gasteiger charge is 2.00. The molecular formula is C15H19ClN2. The fourth-order valence-electron chi connectivity index (χ4n) is 1.81. The van der Waals surface area contributed by atoms with Gasteiger partial charge in [-0.2, -0.15) is 0 Å². The SMILES string of the molecule is Cl.NN(CCc1ccccc1)Cc1ccccc1. The summed E-state index contributed by atoms with van der Waals surface area (Å²) < 4.78 is 0. The summed E-state index contributed by atoms with van der Waals surface area (Å²) in [7, 11) is 0. The molecule has 0 fully saturated rings. The minimum absolute atomic E-state index is 0. The molecule has 2 nitrogen and oxygen atoms in total. The van der Waals surface area contributed by atoms with Gasteiger partial charge >= 0.3 is 0 Å². The molecule has 2 aromatic rings. The first-order chi connectivity index (χ1) is 8.34. The number of nitrogens with zero attached hydrogens (tertiary/aromatic N) is 1. The van der Waals surface area contributed by atoms with Crippen molar-refractivity contribution < 1.29 is 0 Å². The van der Waals surface area contributed by atoms with Crippen molar-refractivity contribution in [2.45, 2.75) is 13.0 Å². The molecule has 0 aliphatic heterocycles. The van der Waals surface area contributed by atoms with Gasteiger partial charge in [0.25, 0.3) is 0 Å². The van der Waals surface area contributed by atoms with E-state index < -0.39 is 0 Å². The Bertz CT molecular complexity index is 431. The largest absolute Gasteiger partial charge is 0.268 e. The summed E-state index contributed by atoms with van der Waals surface area (Å²) in [4.78, 5) is 0. The van der Waals surface area contributed by atoms with Crippen LogP contribution in [-0.2, 0) is 13.0 Å². The number of hydrazine groups is 1. The van der Waals surface area contributed by atoms with Crippen molar-refractivity contribution in [1.82, 2.24) is 5.01 Å². The summed E-state index contributed by atoms with van der Waals surface area (Å²) in [5, 5.41) is 1.86. The normalized spacial score (nSPS) is 10.1. The summed E-state index contributed by atoms with van der Waals surface area (Å²) in [5.41, 5.74) is 2.58. The smallest absolute Gasteiger partial charge is 0.0379 e. The van der Waals surface area contributed by atoms with E-state index in [9.17, 15) is 0 Å². The van der Waals surface area contributed by atoms with Crippen LogP contribution in [0.5, 0.6) is 0 Å². The summed E-state index contributed by atoms with van der Waals surface area (Å²) in [6.07, 6.45) is 0.990. The highest BCUT2D eigenvalue weighted by Crippen LogP contribution is 2.04. The van der Waals surface area contributed by atoms with Crippen LogP contribution in [0.15, 0.2) is 60.7 Å². The average Bonchev–Trinajstić information content (AvgIpc) is 2.39. The maximum Gasteiger partial charge on any atom is 0.0379 e. The van der Waals surface area contributed by atoms with Gasteiger partial charge in [-0.1, -0.05) is 60.7 Å². The lowest BCUT2D eigenvalue weighted by atomic mass is 10.1. The highest BCUT2D eigenvalue weighted by molar-refractivity contribution is 5.85. The summed E-state index contributed by atoms with van der Waals surface area (Å²) in [5.74, 6) is 5.99. The second-order valence-corrected chi connectivity index (χ2v) is 4.19. The Morgan fingerprint density at radius 2 is 1.28 bits per heavy atom. The maximum atomic E-state index is 5.99. The number of benzene rings is 2. The van der Waals surface area contributed by atoms with Crippen LogP contribution >= 0.6 is 12.4 Å². The van der Waals surface area contributed by atoms with Gasteiger partial charge in [0.1, 0.15) is 0 Å². The van der Waals surface area contributed by atoms with Crippen molar-refractivity contribution in [3.05, 3.63) is 71.8 Å². The summed E-state index contributed by atoms with van der Waals surface area (Å²) >= 11 is 0. The van der Waals surface area contributed by atoms with E-state index in [2.05, 4.69) is 36.4 Å². The Labute approximate surface area is 115 Å². The minimum atomic E-state index is 0. The van der Waals surface area contributed by atoms with E-state index in [4.69, 9.17) is 5.84 Å². The van der Waals surface area contributed by atoms with E-state index in [1.807, 2.05) is 29.3 Å². The molecule has 0 saturated heterocycles. The molecule has 2 aromatic carbocycles. The lowest BCUT2D eigenvalue weighted by Gasteiger charge is -2.16. The second kappa shape index (κ2) is 7.88. The maximum absolute atomic E-state index is 5.99. The van der Waals surface area contributed by atoms with Crippen molar-refractivity contribution in [2.75, 3.05) is 6.54 Å². The minimum Gasteiger partial charge on any atom is -0.268 e. The molecule has 0 spiro atoms. The molecule has 0 atom stereocenters. The van der Waals surface area contributed by atoms with Crippen molar-refractivity contribution in [2.24, 2.45) is 5.84 Å².